The van der Waals surface area contributed by atoms with Crippen LogP contribution in [0.5, 0.6) is 0 Å². The predicted molar refractivity (Wildman–Crippen MR) is 154 cm³/mol. The first-order chi connectivity index (χ1) is 19.6. The first-order valence-corrected chi connectivity index (χ1v) is 13.4. The smallest absolute Gasteiger partial charge is 0.341 e. The van der Waals surface area contributed by atoms with Crippen molar-refractivity contribution < 1.29 is 18.7 Å². The summed E-state index contributed by atoms with van der Waals surface area (Å²) in [5, 5.41) is 12.7. The SMILES string of the molecule is CNc1cc(F)c(F)c2c1Cc1ncc(-c3cnc4c(c3)c(=O)c(C(=O)O)cn4C)c(N3CC[C@@H](CN(C)C)C3)c1-2. The number of aryl methyl sites for hydroxylation is 1. The number of anilines is 2. The summed E-state index contributed by atoms with van der Waals surface area (Å²) in [6.07, 6.45) is 5.83. The van der Waals surface area contributed by atoms with E-state index in [9.17, 15) is 19.1 Å². The summed E-state index contributed by atoms with van der Waals surface area (Å²) >= 11 is 0. The molecule has 2 aliphatic rings. The molecule has 41 heavy (non-hydrogen) atoms. The summed E-state index contributed by atoms with van der Waals surface area (Å²) in [5.74, 6) is -2.82. The van der Waals surface area contributed by atoms with Gasteiger partial charge in [-0.2, -0.15) is 0 Å². The van der Waals surface area contributed by atoms with Gasteiger partial charge in [-0.05, 0) is 38.1 Å². The number of rotatable bonds is 6. The Hall–Kier alpha value is -4.38. The largest absolute Gasteiger partial charge is 0.477 e. The second kappa shape index (κ2) is 9.91. The lowest BCUT2D eigenvalue weighted by Crippen LogP contribution is -2.26. The molecule has 9 nitrogen and oxygen atoms in total. The van der Waals surface area contributed by atoms with E-state index in [0.717, 1.165) is 13.0 Å². The van der Waals surface area contributed by atoms with Crippen molar-refractivity contribution in [2.45, 2.75) is 12.8 Å². The molecular formula is C30H30F2N6O3. The number of carboxylic acids is 1. The van der Waals surface area contributed by atoms with Gasteiger partial charge in [-0.3, -0.25) is 9.78 Å². The van der Waals surface area contributed by atoms with Crippen LogP contribution in [-0.4, -0.2) is 71.3 Å². The number of carbonyl (C=O) groups is 1. The highest BCUT2D eigenvalue weighted by Gasteiger charge is 2.36. The minimum Gasteiger partial charge on any atom is -0.477 e. The molecule has 0 saturated carbocycles. The molecule has 2 N–H and O–H groups in total. The van der Waals surface area contributed by atoms with Gasteiger partial charge in [0.05, 0.1) is 16.8 Å². The van der Waals surface area contributed by atoms with E-state index in [-0.39, 0.29) is 16.5 Å². The Bertz CT molecular complexity index is 1800. The first kappa shape index (κ1) is 26.8. The molecule has 1 atom stereocenters. The van der Waals surface area contributed by atoms with Gasteiger partial charge in [0.2, 0.25) is 5.43 Å². The molecule has 4 heterocycles. The van der Waals surface area contributed by atoms with E-state index < -0.39 is 23.0 Å². The van der Waals surface area contributed by atoms with Gasteiger partial charge >= 0.3 is 5.97 Å². The Morgan fingerprint density at radius 1 is 1.20 bits per heavy atom. The van der Waals surface area contributed by atoms with Crippen LogP contribution in [0.15, 0.2) is 35.5 Å². The summed E-state index contributed by atoms with van der Waals surface area (Å²) in [5.41, 5.74) is 3.76. The molecule has 1 aliphatic heterocycles. The summed E-state index contributed by atoms with van der Waals surface area (Å²) in [6.45, 7) is 2.30. The zero-order chi connectivity index (χ0) is 29.2. The highest BCUT2D eigenvalue weighted by molar-refractivity contribution is 5.98. The maximum Gasteiger partial charge on any atom is 0.341 e. The van der Waals surface area contributed by atoms with Gasteiger partial charge in [0.25, 0.3) is 0 Å². The number of pyridine rings is 3. The number of aromatic nitrogens is 3. The molecule has 0 amide bonds. The summed E-state index contributed by atoms with van der Waals surface area (Å²) in [6, 6.07) is 2.79. The average Bonchev–Trinajstić information content (AvgIpc) is 3.56. The van der Waals surface area contributed by atoms with Gasteiger partial charge in [-0.15, -0.1) is 0 Å². The van der Waals surface area contributed by atoms with E-state index in [0.29, 0.717) is 70.4 Å². The third-order valence-electron chi connectivity index (χ3n) is 8.10. The molecule has 4 aromatic rings. The number of aromatic carboxylic acids is 1. The molecule has 0 radical (unpaired) electrons. The Balaban J connectivity index is 1.62. The van der Waals surface area contributed by atoms with Crippen LogP contribution in [0.2, 0.25) is 0 Å². The van der Waals surface area contributed by atoms with Crippen LogP contribution in [0.25, 0.3) is 33.3 Å². The summed E-state index contributed by atoms with van der Waals surface area (Å²) in [4.78, 5) is 38.4. The molecule has 1 aliphatic carbocycles. The zero-order valence-corrected chi connectivity index (χ0v) is 23.3. The molecule has 6 rings (SSSR count). The minimum atomic E-state index is -1.32. The molecule has 0 spiro atoms. The monoisotopic (exact) mass is 560 g/mol. The Morgan fingerprint density at radius 3 is 2.68 bits per heavy atom. The summed E-state index contributed by atoms with van der Waals surface area (Å²) < 4.78 is 32.0. The van der Waals surface area contributed by atoms with Crippen molar-refractivity contribution >= 4 is 28.4 Å². The number of hydrogen-bond donors (Lipinski definition) is 2. The van der Waals surface area contributed by atoms with Crippen LogP contribution in [0, 0.1) is 17.6 Å². The predicted octanol–water partition coefficient (Wildman–Crippen LogP) is 3.97. The molecule has 212 valence electrons. The van der Waals surface area contributed by atoms with Gasteiger partial charge in [0.1, 0.15) is 11.2 Å². The average molecular weight is 561 g/mol. The Labute approximate surface area is 235 Å². The lowest BCUT2D eigenvalue weighted by atomic mass is 9.97. The standard InChI is InChI=1S/C30H30F2N6O3/c1-33-22-9-21(31)26(32)24-17(22)8-23-25(24)27(38-6-5-15(13-38)12-36(2)3)19(11-34-23)16-7-18-28(39)20(30(40)41)14-37(4)29(18)35-10-16/h7,9-11,14-15,33H,5-6,8,12-13H2,1-4H3,(H,40,41)/t15-/m0/s1. The van der Waals surface area contributed by atoms with E-state index in [1.165, 1.54) is 16.8 Å². The molecule has 1 fully saturated rings. The molecule has 11 heteroatoms. The number of carboxylic acid groups (broad SMARTS) is 1. The highest BCUT2D eigenvalue weighted by atomic mass is 19.2. The van der Waals surface area contributed by atoms with Gasteiger partial charge in [-0.1, -0.05) is 0 Å². The topological polar surface area (TPSA) is 104 Å². The minimum absolute atomic E-state index is 0.151. The summed E-state index contributed by atoms with van der Waals surface area (Å²) in [7, 11) is 7.36. The van der Waals surface area contributed by atoms with E-state index >= 15 is 4.39 Å². The molecule has 3 aromatic heterocycles. The lowest BCUT2D eigenvalue weighted by Gasteiger charge is -2.26. The van der Waals surface area contributed by atoms with E-state index in [1.807, 2.05) is 14.1 Å². The molecule has 0 bridgehead atoms. The van der Waals surface area contributed by atoms with Crippen molar-refractivity contribution in [3.8, 4) is 22.3 Å². The van der Waals surface area contributed by atoms with Crippen molar-refractivity contribution in [1.82, 2.24) is 19.4 Å². The van der Waals surface area contributed by atoms with Crippen molar-refractivity contribution in [3.05, 3.63) is 69.4 Å². The van der Waals surface area contributed by atoms with Crippen LogP contribution < -0.4 is 15.6 Å². The highest BCUT2D eigenvalue weighted by Crippen LogP contribution is 2.50. The van der Waals surface area contributed by atoms with Crippen LogP contribution in [-0.2, 0) is 13.5 Å². The number of nitrogens with one attached hydrogen (secondary N) is 1. The maximum atomic E-state index is 15.6. The second-order valence-corrected chi connectivity index (χ2v) is 11.1. The lowest BCUT2D eigenvalue weighted by molar-refractivity contribution is 0.0695. The van der Waals surface area contributed by atoms with Gasteiger partial charge in [0.15, 0.2) is 11.6 Å². The van der Waals surface area contributed by atoms with Crippen LogP contribution in [0.1, 0.15) is 28.0 Å². The number of hydrogen-bond acceptors (Lipinski definition) is 7. The normalized spacial score (nSPS) is 16.0. The fourth-order valence-electron chi connectivity index (χ4n) is 6.34. The van der Waals surface area contributed by atoms with Crippen LogP contribution in [0.4, 0.5) is 20.2 Å². The number of halogens is 2. The Morgan fingerprint density at radius 2 is 1.98 bits per heavy atom. The van der Waals surface area contributed by atoms with Crippen molar-refractivity contribution in [1.29, 1.82) is 0 Å². The quantitative estimate of drug-likeness (QED) is 0.322. The van der Waals surface area contributed by atoms with Crippen molar-refractivity contribution in [2.24, 2.45) is 13.0 Å². The molecule has 1 saturated heterocycles. The fourth-order valence-corrected chi connectivity index (χ4v) is 6.34. The van der Waals surface area contributed by atoms with E-state index in [2.05, 4.69) is 20.1 Å². The van der Waals surface area contributed by atoms with Crippen LogP contribution in [0.3, 0.4) is 0 Å². The zero-order valence-electron chi connectivity index (χ0n) is 23.3. The second-order valence-electron chi connectivity index (χ2n) is 11.1. The van der Waals surface area contributed by atoms with Crippen molar-refractivity contribution in [3.63, 3.8) is 0 Å². The fraction of sp³-hybridized carbons (Fsp3) is 0.333. The van der Waals surface area contributed by atoms with Gasteiger partial charge in [0, 0.05) is 92.7 Å². The third-order valence-corrected chi connectivity index (χ3v) is 8.10. The van der Waals surface area contributed by atoms with Crippen molar-refractivity contribution in [2.75, 3.05) is 51.0 Å². The molecule has 1 aromatic carbocycles. The van der Waals surface area contributed by atoms with Gasteiger partial charge in [-0.25, -0.2) is 18.6 Å². The van der Waals surface area contributed by atoms with Crippen LogP contribution >= 0.6 is 0 Å². The number of benzene rings is 1. The first-order valence-electron chi connectivity index (χ1n) is 13.4. The van der Waals surface area contributed by atoms with E-state index in [4.69, 9.17) is 4.98 Å². The maximum absolute atomic E-state index is 15.6. The number of nitrogens with zero attached hydrogens (tertiary/aromatic N) is 5. The van der Waals surface area contributed by atoms with Gasteiger partial charge < -0.3 is 24.8 Å². The Kier molecular flexibility index (Phi) is 6.49. The number of fused-ring (bicyclic) bond motifs is 4. The third kappa shape index (κ3) is 4.31. The molecule has 0 unspecified atom stereocenters. The van der Waals surface area contributed by atoms with E-state index in [1.54, 1.807) is 32.6 Å². The molecular weight excluding hydrogens is 530 g/mol.